The molecule has 1 aliphatic rings. The molecule has 78 valence electrons. The molecular formula is C11H21ClO. The predicted molar refractivity (Wildman–Crippen MR) is 57.3 cm³/mol. The van der Waals surface area contributed by atoms with E-state index in [0.717, 1.165) is 12.5 Å². The monoisotopic (exact) mass is 204 g/mol. The van der Waals surface area contributed by atoms with Gasteiger partial charge in [0.25, 0.3) is 0 Å². The van der Waals surface area contributed by atoms with Crippen LogP contribution in [0.2, 0.25) is 0 Å². The first-order chi connectivity index (χ1) is 6.14. The van der Waals surface area contributed by atoms with Crippen LogP contribution in [0.15, 0.2) is 0 Å². The Morgan fingerprint density at radius 2 is 2.23 bits per heavy atom. The second-order valence-corrected chi connectivity index (χ2v) is 5.09. The van der Waals surface area contributed by atoms with Gasteiger partial charge in [-0.25, -0.2) is 0 Å². The summed E-state index contributed by atoms with van der Waals surface area (Å²) in [6.07, 6.45) is 6.76. The van der Waals surface area contributed by atoms with E-state index in [2.05, 4.69) is 13.8 Å². The molecular weight excluding hydrogens is 184 g/mol. The average Bonchev–Trinajstić information content (AvgIpc) is 2.57. The Kier molecular flexibility index (Phi) is 4.54. The highest BCUT2D eigenvalue weighted by Crippen LogP contribution is 2.26. The molecule has 0 radical (unpaired) electrons. The van der Waals surface area contributed by atoms with E-state index in [9.17, 15) is 0 Å². The van der Waals surface area contributed by atoms with Crippen molar-refractivity contribution in [2.75, 3.05) is 12.5 Å². The van der Waals surface area contributed by atoms with Gasteiger partial charge in [0, 0.05) is 12.5 Å². The van der Waals surface area contributed by atoms with Gasteiger partial charge in [-0.15, -0.1) is 11.6 Å². The van der Waals surface area contributed by atoms with E-state index in [1.807, 2.05) is 0 Å². The topological polar surface area (TPSA) is 9.23 Å². The molecule has 0 aromatic heterocycles. The molecule has 13 heavy (non-hydrogen) atoms. The minimum atomic E-state index is 0.306. The lowest BCUT2D eigenvalue weighted by Crippen LogP contribution is -2.14. The highest BCUT2D eigenvalue weighted by molar-refractivity contribution is 6.18. The fourth-order valence-electron chi connectivity index (χ4n) is 1.75. The maximum Gasteiger partial charge on any atom is 0.0576 e. The quantitative estimate of drug-likeness (QED) is 0.622. The van der Waals surface area contributed by atoms with E-state index < -0.39 is 0 Å². The molecule has 1 heterocycles. The zero-order chi connectivity index (χ0) is 9.73. The van der Waals surface area contributed by atoms with E-state index in [1.165, 1.54) is 32.1 Å². The van der Waals surface area contributed by atoms with Crippen molar-refractivity contribution < 1.29 is 4.74 Å². The molecule has 1 unspecified atom stereocenters. The summed E-state index contributed by atoms with van der Waals surface area (Å²) in [5.41, 5.74) is 0.306. The Hall–Kier alpha value is 0.250. The van der Waals surface area contributed by atoms with Gasteiger partial charge in [-0.05, 0) is 31.1 Å². The normalized spacial score (nSPS) is 23.8. The fourth-order valence-corrected chi connectivity index (χ4v) is 1.88. The maximum absolute atomic E-state index is 5.86. The number of halogens is 1. The molecule has 0 aromatic carbocycles. The van der Waals surface area contributed by atoms with Gasteiger partial charge in [-0.1, -0.05) is 20.3 Å². The summed E-state index contributed by atoms with van der Waals surface area (Å²) in [4.78, 5) is 0. The Morgan fingerprint density at radius 3 is 2.77 bits per heavy atom. The highest BCUT2D eigenvalue weighted by atomic mass is 35.5. The average molecular weight is 205 g/mol. The van der Waals surface area contributed by atoms with Gasteiger partial charge in [0.1, 0.15) is 0 Å². The first-order valence-electron chi connectivity index (χ1n) is 5.32. The number of hydrogen-bond acceptors (Lipinski definition) is 1. The van der Waals surface area contributed by atoms with Crippen LogP contribution in [-0.4, -0.2) is 18.6 Å². The highest BCUT2D eigenvalue weighted by Gasteiger charge is 2.19. The molecule has 0 bridgehead atoms. The summed E-state index contributed by atoms with van der Waals surface area (Å²) in [5.74, 6) is 0.762. The summed E-state index contributed by atoms with van der Waals surface area (Å²) in [7, 11) is 0. The SMILES string of the molecule is CC(C)(CCl)CCCC1CCCO1. The minimum Gasteiger partial charge on any atom is -0.378 e. The smallest absolute Gasteiger partial charge is 0.0576 e. The van der Waals surface area contributed by atoms with Gasteiger partial charge in [-0.3, -0.25) is 0 Å². The first-order valence-corrected chi connectivity index (χ1v) is 5.85. The molecule has 1 saturated heterocycles. The largest absolute Gasteiger partial charge is 0.378 e. The van der Waals surface area contributed by atoms with Crippen LogP contribution in [0.4, 0.5) is 0 Å². The summed E-state index contributed by atoms with van der Waals surface area (Å²) in [6.45, 7) is 5.44. The summed E-state index contributed by atoms with van der Waals surface area (Å²) < 4.78 is 5.57. The van der Waals surface area contributed by atoms with Crippen molar-refractivity contribution in [3.05, 3.63) is 0 Å². The van der Waals surface area contributed by atoms with Gasteiger partial charge in [-0.2, -0.15) is 0 Å². The van der Waals surface area contributed by atoms with E-state index in [4.69, 9.17) is 16.3 Å². The molecule has 0 aromatic rings. The predicted octanol–water partition coefficient (Wildman–Crippen LogP) is 3.60. The lowest BCUT2D eigenvalue weighted by atomic mass is 9.89. The Labute approximate surface area is 86.8 Å². The molecule has 0 amide bonds. The molecule has 0 spiro atoms. The second-order valence-electron chi connectivity index (χ2n) is 4.83. The Balaban J connectivity index is 2.06. The molecule has 0 saturated carbocycles. The molecule has 1 nitrogen and oxygen atoms in total. The van der Waals surface area contributed by atoms with E-state index >= 15 is 0 Å². The summed E-state index contributed by atoms with van der Waals surface area (Å²) in [6, 6.07) is 0. The number of rotatable bonds is 5. The number of alkyl halides is 1. The number of ether oxygens (including phenoxy) is 1. The Bertz CT molecular complexity index is 139. The van der Waals surface area contributed by atoms with E-state index in [-0.39, 0.29) is 0 Å². The molecule has 0 N–H and O–H groups in total. The summed E-state index contributed by atoms with van der Waals surface area (Å²) >= 11 is 5.86. The van der Waals surface area contributed by atoms with Crippen LogP contribution in [-0.2, 0) is 4.74 Å². The van der Waals surface area contributed by atoms with Gasteiger partial charge >= 0.3 is 0 Å². The molecule has 1 fully saturated rings. The van der Waals surface area contributed by atoms with Crippen molar-refractivity contribution >= 4 is 11.6 Å². The van der Waals surface area contributed by atoms with Crippen LogP contribution in [0.25, 0.3) is 0 Å². The van der Waals surface area contributed by atoms with Gasteiger partial charge < -0.3 is 4.74 Å². The molecule has 1 aliphatic heterocycles. The van der Waals surface area contributed by atoms with Crippen molar-refractivity contribution in [1.82, 2.24) is 0 Å². The van der Waals surface area contributed by atoms with Crippen molar-refractivity contribution in [3.63, 3.8) is 0 Å². The first kappa shape index (κ1) is 11.3. The van der Waals surface area contributed by atoms with Gasteiger partial charge in [0.05, 0.1) is 6.10 Å². The van der Waals surface area contributed by atoms with E-state index in [0.29, 0.717) is 11.5 Å². The van der Waals surface area contributed by atoms with Crippen LogP contribution in [0, 0.1) is 5.41 Å². The molecule has 1 rings (SSSR count). The lowest BCUT2D eigenvalue weighted by Gasteiger charge is -2.21. The fraction of sp³-hybridized carbons (Fsp3) is 1.00. The Morgan fingerprint density at radius 1 is 1.46 bits per heavy atom. The third-order valence-electron chi connectivity index (χ3n) is 2.77. The van der Waals surface area contributed by atoms with Crippen molar-refractivity contribution in [3.8, 4) is 0 Å². The maximum atomic E-state index is 5.86. The zero-order valence-electron chi connectivity index (χ0n) is 8.81. The van der Waals surface area contributed by atoms with Crippen molar-refractivity contribution in [2.45, 2.75) is 52.1 Å². The molecule has 2 heteroatoms. The van der Waals surface area contributed by atoms with Crippen molar-refractivity contribution in [2.24, 2.45) is 5.41 Å². The third-order valence-corrected chi connectivity index (χ3v) is 3.49. The van der Waals surface area contributed by atoms with Gasteiger partial charge in [0.15, 0.2) is 0 Å². The number of hydrogen-bond donors (Lipinski definition) is 0. The van der Waals surface area contributed by atoms with Gasteiger partial charge in [0.2, 0.25) is 0 Å². The standard InChI is InChI=1S/C11H21ClO/c1-11(2,9-12)7-3-5-10-6-4-8-13-10/h10H,3-9H2,1-2H3. The zero-order valence-corrected chi connectivity index (χ0v) is 9.57. The molecule has 1 atom stereocenters. The van der Waals surface area contributed by atoms with Crippen LogP contribution in [0.1, 0.15) is 46.0 Å². The van der Waals surface area contributed by atoms with Crippen molar-refractivity contribution in [1.29, 1.82) is 0 Å². The molecule has 0 aliphatic carbocycles. The third kappa shape index (κ3) is 4.33. The lowest BCUT2D eigenvalue weighted by molar-refractivity contribution is 0.0994. The van der Waals surface area contributed by atoms with Crippen LogP contribution in [0.3, 0.4) is 0 Å². The van der Waals surface area contributed by atoms with Crippen LogP contribution < -0.4 is 0 Å². The van der Waals surface area contributed by atoms with Crippen LogP contribution >= 0.6 is 11.6 Å². The van der Waals surface area contributed by atoms with E-state index in [1.54, 1.807) is 0 Å². The minimum absolute atomic E-state index is 0.306. The van der Waals surface area contributed by atoms with Crippen LogP contribution in [0.5, 0.6) is 0 Å². The second kappa shape index (κ2) is 5.21. The summed E-state index contributed by atoms with van der Waals surface area (Å²) in [5, 5.41) is 0.